The quantitative estimate of drug-likeness (QED) is 0.345. The van der Waals surface area contributed by atoms with Gasteiger partial charge < -0.3 is 19.1 Å². The molecule has 0 atom stereocenters. The second-order valence-corrected chi connectivity index (χ2v) is 12.6. The first-order valence-electron chi connectivity index (χ1n) is 13.0. The molecule has 38 heavy (non-hydrogen) atoms. The predicted molar refractivity (Wildman–Crippen MR) is 142 cm³/mol. The van der Waals surface area contributed by atoms with Gasteiger partial charge in [0.2, 0.25) is 0 Å². The lowest BCUT2D eigenvalue weighted by Crippen LogP contribution is -2.54. The van der Waals surface area contributed by atoms with E-state index in [2.05, 4.69) is 18.7 Å². The first kappa shape index (κ1) is 27.9. The Morgan fingerprint density at radius 1 is 0.895 bits per heavy atom. The third kappa shape index (κ3) is 5.66. The maximum atomic E-state index is 13.9. The van der Waals surface area contributed by atoms with Crippen molar-refractivity contribution >= 4 is 27.6 Å². The van der Waals surface area contributed by atoms with Crippen LogP contribution in [0, 0.1) is 0 Å². The van der Waals surface area contributed by atoms with Gasteiger partial charge in [0.15, 0.2) is 12.3 Å². The largest absolute Gasteiger partial charge is 0.442 e. The SMILES string of the molecule is CCCN(CCC)CCc1ccc2c(c1)N(S(=O)(=O)c1ccc(C(C)(C)C)cc1)CC1(OC(=O)C(=O)O1)O2. The molecule has 4 rings (SSSR count). The highest BCUT2D eigenvalue weighted by atomic mass is 32.2. The molecule has 0 amide bonds. The average Bonchev–Trinajstić information content (AvgIpc) is 3.13. The van der Waals surface area contributed by atoms with Gasteiger partial charge >= 0.3 is 17.9 Å². The van der Waals surface area contributed by atoms with Crippen LogP contribution >= 0.6 is 0 Å². The van der Waals surface area contributed by atoms with E-state index in [1.54, 1.807) is 36.4 Å². The minimum atomic E-state index is -4.14. The molecule has 1 spiro atoms. The van der Waals surface area contributed by atoms with Gasteiger partial charge in [0.25, 0.3) is 10.0 Å². The van der Waals surface area contributed by atoms with E-state index in [1.165, 1.54) is 0 Å². The van der Waals surface area contributed by atoms with Crippen molar-refractivity contribution in [1.82, 2.24) is 4.90 Å². The van der Waals surface area contributed by atoms with E-state index in [4.69, 9.17) is 14.2 Å². The molecular weight excluding hydrogens is 508 g/mol. The second-order valence-electron chi connectivity index (χ2n) is 10.7. The zero-order valence-corrected chi connectivity index (χ0v) is 23.5. The molecule has 10 heteroatoms. The molecule has 9 nitrogen and oxygen atoms in total. The van der Waals surface area contributed by atoms with E-state index in [9.17, 15) is 18.0 Å². The van der Waals surface area contributed by atoms with E-state index in [1.807, 2.05) is 26.8 Å². The van der Waals surface area contributed by atoms with Crippen LogP contribution in [0.2, 0.25) is 0 Å². The average molecular weight is 545 g/mol. The monoisotopic (exact) mass is 544 g/mol. The summed E-state index contributed by atoms with van der Waals surface area (Å²) in [5.74, 6) is -4.51. The zero-order valence-electron chi connectivity index (χ0n) is 22.7. The van der Waals surface area contributed by atoms with E-state index in [0.29, 0.717) is 5.69 Å². The predicted octanol–water partition coefficient (Wildman–Crippen LogP) is 3.99. The Morgan fingerprint density at radius 3 is 2.05 bits per heavy atom. The van der Waals surface area contributed by atoms with Crippen molar-refractivity contribution < 1.29 is 32.2 Å². The molecule has 2 aromatic rings. The van der Waals surface area contributed by atoms with Crippen LogP contribution in [0.15, 0.2) is 47.4 Å². The maximum absolute atomic E-state index is 13.9. The van der Waals surface area contributed by atoms with Crippen molar-refractivity contribution in [2.45, 2.75) is 70.2 Å². The molecular formula is C28H36N2O7S. The normalized spacial score (nSPS) is 16.8. The third-order valence-corrected chi connectivity index (χ3v) is 8.44. The summed E-state index contributed by atoms with van der Waals surface area (Å²) in [6.07, 6.45) is 2.83. The maximum Gasteiger partial charge on any atom is 0.442 e. The molecule has 1 fully saturated rings. The highest BCUT2D eigenvalue weighted by Gasteiger charge is 2.57. The fourth-order valence-electron chi connectivity index (χ4n) is 4.68. The minimum absolute atomic E-state index is 0.0617. The lowest BCUT2D eigenvalue weighted by molar-refractivity contribution is -0.269. The van der Waals surface area contributed by atoms with Gasteiger partial charge in [-0.15, -0.1) is 0 Å². The Labute approximate surface area is 224 Å². The molecule has 2 aliphatic heterocycles. The molecule has 0 radical (unpaired) electrons. The number of rotatable bonds is 9. The molecule has 2 aliphatic rings. The van der Waals surface area contributed by atoms with E-state index >= 15 is 0 Å². The Morgan fingerprint density at radius 2 is 1.50 bits per heavy atom. The van der Waals surface area contributed by atoms with Gasteiger partial charge in [-0.3, -0.25) is 4.31 Å². The molecule has 0 N–H and O–H groups in total. The molecule has 2 heterocycles. The number of nitrogens with zero attached hydrogens (tertiary/aromatic N) is 2. The molecule has 0 unspecified atom stereocenters. The first-order chi connectivity index (χ1) is 17.9. The summed E-state index contributed by atoms with van der Waals surface area (Å²) >= 11 is 0. The smallest absolute Gasteiger partial charge is 0.417 e. The van der Waals surface area contributed by atoms with E-state index in [-0.39, 0.29) is 16.1 Å². The molecule has 1 saturated heterocycles. The van der Waals surface area contributed by atoms with Gasteiger partial charge in [-0.1, -0.05) is 52.8 Å². The molecule has 0 aromatic heterocycles. The van der Waals surface area contributed by atoms with Gasteiger partial charge in [0, 0.05) is 6.54 Å². The van der Waals surface area contributed by atoms with E-state index in [0.717, 1.165) is 54.3 Å². The molecule has 2 aromatic carbocycles. The van der Waals surface area contributed by atoms with Crippen molar-refractivity contribution in [1.29, 1.82) is 0 Å². The van der Waals surface area contributed by atoms with Gasteiger partial charge in [0.1, 0.15) is 0 Å². The van der Waals surface area contributed by atoms with Gasteiger partial charge in [-0.2, -0.15) is 0 Å². The summed E-state index contributed by atoms with van der Waals surface area (Å²) in [6.45, 7) is 12.7. The number of carbonyl (C=O) groups excluding carboxylic acids is 2. The Hall–Kier alpha value is -3.11. The molecule has 0 aliphatic carbocycles. The first-order valence-corrected chi connectivity index (χ1v) is 14.5. The number of sulfonamides is 1. The number of esters is 2. The van der Waals surface area contributed by atoms with Crippen LogP contribution in [-0.4, -0.2) is 57.4 Å². The topological polar surface area (TPSA) is 102 Å². The van der Waals surface area contributed by atoms with Crippen LogP contribution in [0.3, 0.4) is 0 Å². The van der Waals surface area contributed by atoms with Crippen LogP contribution in [0.25, 0.3) is 0 Å². The molecule has 0 saturated carbocycles. The van der Waals surface area contributed by atoms with Crippen LogP contribution in [0.5, 0.6) is 5.75 Å². The third-order valence-electron chi connectivity index (χ3n) is 6.66. The minimum Gasteiger partial charge on any atom is -0.417 e. The van der Waals surface area contributed by atoms with Gasteiger partial charge in [-0.05, 0) is 73.2 Å². The highest BCUT2D eigenvalue weighted by Crippen LogP contribution is 2.43. The number of benzene rings is 2. The van der Waals surface area contributed by atoms with Crippen molar-refractivity contribution in [3.63, 3.8) is 0 Å². The molecule has 0 bridgehead atoms. The lowest BCUT2D eigenvalue weighted by atomic mass is 9.87. The Bertz CT molecular complexity index is 1280. The summed E-state index contributed by atoms with van der Waals surface area (Å²) in [7, 11) is -4.14. The van der Waals surface area contributed by atoms with Gasteiger partial charge in [0.05, 0.1) is 10.6 Å². The number of fused-ring (bicyclic) bond motifs is 1. The standard InChI is InChI=1S/C28H36N2O7S/c1-6-15-29(16-7-2)17-14-20-8-13-24-23(18-20)30(19-28(35-24)36-25(31)26(32)37-28)38(33,34)22-11-9-21(10-12-22)27(3,4)5/h8-13,18H,6-7,14-17,19H2,1-5H3. The number of ether oxygens (including phenoxy) is 3. The van der Waals surface area contributed by atoms with Crippen LogP contribution in [0.1, 0.15) is 58.6 Å². The molecule has 206 valence electrons. The van der Waals surface area contributed by atoms with Crippen LogP contribution in [-0.2, 0) is 40.9 Å². The van der Waals surface area contributed by atoms with Crippen LogP contribution in [0.4, 0.5) is 5.69 Å². The highest BCUT2D eigenvalue weighted by molar-refractivity contribution is 7.92. The number of carbonyl (C=O) groups is 2. The van der Waals surface area contributed by atoms with Gasteiger partial charge in [-0.25, -0.2) is 18.0 Å². The summed E-state index contributed by atoms with van der Waals surface area (Å²) in [5, 5.41) is 0. The van der Waals surface area contributed by atoms with Crippen molar-refractivity contribution in [2.24, 2.45) is 0 Å². The van der Waals surface area contributed by atoms with E-state index < -0.39 is 34.5 Å². The van der Waals surface area contributed by atoms with Crippen molar-refractivity contribution in [3.8, 4) is 5.75 Å². The zero-order chi connectivity index (χ0) is 27.7. The van der Waals surface area contributed by atoms with Crippen molar-refractivity contribution in [2.75, 3.05) is 30.5 Å². The fraction of sp³-hybridized carbons (Fsp3) is 0.500. The number of anilines is 1. The summed E-state index contributed by atoms with van der Waals surface area (Å²) in [5.41, 5.74) is 2.07. The Balaban J connectivity index is 1.71. The number of hydrogen-bond acceptors (Lipinski definition) is 8. The summed E-state index contributed by atoms with van der Waals surface area (Å²) in [4.78, 5) is 26.2. The van der Waals surface area contributed by atoms with Crippen molar-refractivity contribution in [3.05, 3.63) is 53.6 Å². The second kappa shape index (κ2) is 10.6. The fourth-order valence-corrected chi connectivity index (χ4v) is 6.14. The lowest BCUT2D eigenvalue weighted by Gasteiger charge is -2.38. The summed E-state index contributed by atoms with van der Waals surface area (Å²) in [6, 6.07) is 11.9. The van der Waals surface area contributed by atoms with Crippen LogP contribution < -0.4 is 9.04 Å². The summed E-state index contributed by atoms with van der Waals surface area (Å²) < 4.78 is 45.0. The number of hydrogen-bond donors (Lipinski definition) is 0. The Kier molecular flexibility index (Phi) is 7.76.